The number of carbonyl (C=O) groups excluding carboxylic acids is 1. The lowest BCUT2D eigenvalue weighted by Crippen LogP contribution is -2.23. The van der Waals surface area contributed by atoms with Gasteiger partial charge < -0.3 is 10.4 Å². The number of allylic oxidation sites excluding steroid dienone is 1. The molecule has 134 valence electrons. The van der Waals surface area contributed by atoms with E-state index >= 15 is 0 Å². The highest BCUT2D eigenvalue weighted by molar-refractivity contribution is 5.88. The second-order valence-corrected chi connectivity index (χ2v) is 6.57. The second kappa shape index (κ2) is 12.6. The Morgan fingerprint density at radius 1 is 1.04 bits per heavy atom. The summed E-state index contributed by atoms with van der Waals surface area (Å²) in [5, 5.41) is 12.2. The molecule has 0 spiro atoms. The lowest BCUT2D eigenvalue weighted by Gasteiger charge is -2.05. The van der Waals surface area contributed by atoms with Gasteiger partial charge in [0.2, 0.25) is 5.91 Å². The van der Waals surface area contributed by atoms with Crippen molar-refractivity contribution in [1.29, 1.82) is 0 Å². The molecule has 0 aliphatic rings. The molecule has 1 aromatic carbocycles. The molecule has 0 unspecified atom stereocenters. The number of unbranched alkanes of at least 4 members (excludes halogenated alkanes) is 6. The average molecular weight is 332 g/mol. The van der Waals surface area contributed by atoms with Crippen molar-refractivity contribution < 1.29 is 9.90 Å². The van der Waals surface area contributed by atoms with Crippen molar-refractivity contribution in [2.45, 2.75) is 71.6 Å². The van der Waals surface area contributed by atoms with Crippen LogP contribution in [-0.2, 0) is 11.2 Å². The van der Waals surface area contributed by atoms with Crippen molar-refractivity contribution in [1.82, 2.24) is 5.32 Å². The first-order valence-electron chi connectivity index (χ1n) is 9.34. The van der Waals surface area contributed by atoms with Crippen LogP contribution in [0.25, 0.3) is 0 Å². The molecule has 24 heavy (non-hydrogen) atoms. The van der Waals surface area contributed by atoms with Gasteiger partial charge >= 0.3 is 0 Å². The topological polar surface area (TPSA) is 49.3 Å². The second-order valence-electron chi connectivity index (χ2n) is 6.57. The minimum absolute atomic E-state index is 0.00535. The van der Waals surface area contributed by atoms with Crippen molar-refractivity contribution in [2.24, 2.45) is 0 Å². The molecular weight excluding hydrogens is 298 g/mol. The van der Waals surface area contributed by atoms with Gasteiger partial charge in [-0.05, 0) is 43.9 Å². The van der Waals surface area contributed by atoms with Crippen LogP contribution in [0.2, 0.25) is 0 Å². The van der Waals surface area contributed by atoms with Gasteiger partial charge in [-0.1, -0.05) is 63.2 Å². The number of carbonyl (C=O) groups is 1. The largest absolute Gasteiger partial charge is 0.508 e. The van der Waals surface area contributed by atoms with E-state index in [1.165, 1.54) is 44.9 Å². The van der Waals surface area contributed by atoms with E-state index in [1.54, 1.807) is 18.2 Å². The van der Waals surface area contributed by atoms with E-state index in [1.807, 2.05) is 19.1 Å². The minimum Gasteiger partial charge on any atom is -0.508 e. The Morgan fingerprint density at radius 2 is 1.67 bits per heavy atom. The van der Waals surface area contributed by atoms with Crippen LogP contribution in [0.4, 0.5) is 0 Å². The summed E-state index contributed by atoms with van der Waals surface area (Å²) >= 11 is 0. The maximum atomic E-state index is 11.9. The summed E-state index contributed by atoms with van der Waals surface area (Å²) in [5.74, 6) is 0.265. The number of rotatable bonds is 12. The van der Waals surface area contributed by atoms with Gasteiger partial charge in [-0.15, -0.1) is 0 Å². The van der Waals surface area contributed by atoms with Gasteiger partial charge in [0.15, 0.2) is 0 Å². The molecule has 1 amide bonds. The highest BCUT2D eigenvalue weighted by Crippen LogP contribution is 2.12. The van der Waals surface area contributed by atoms with Crippen LogP contribution in [0.3, 0.4) is 0 Å². The molecule has 0 aromatic heterocycles. The highest BCUT2D eigenvalue weighted by Gasteiger charge is 2.00. The van der Waals surface area contributed by atoms with Gasteiger partial charge in [0.1, 0.15) is 5.75 Å². The first-order chi connectivity index (χ1) is 11.6. The van der Waals surface area contributed by atoms with Gasteiger partial charge in [-0.2, -0.15) is 0 Å². The number of nitrogens with one attached hydrogen (secondary N) is 1. The summed E-state index contributed by atoms with van der Waals surface area (Å²) in [4.78, 5) is 11.9. The number of benzene rings is 1. The third-order valence-corrected chi connectivity index (χ3v) is 4.20. The fourth-order valence-electron chi connectivity index (χ4n) is 2.70. The molecule has 1 rings (SSSR count). The fourth-order valence-corrected chi connectivity index (χ4v) is 2.70. The average Bonchev–Trinajstić information content (AvgIpc) is 2.56. The Balaban J connectivity index is 2.11. The van der Waals surface area contributed by atoms with E-state index in [0.29, 0.717) is 6.54 Å². The van der Waals surface area contributed by atoms with Crippen LogP contribution in [0.15, 0.2) is 35.9 Å². The van der Waals surface area contributed by atoms with Crippen molar-refractivity contribution in [2.75, 3.05) is 6.54 Å². The first-order valence-corrected chi connectivity index (χ1v) is 9.34. The van der Waals surface area contributed by atoms with Gasteiger partial charge in [0.25, 0.3) is 0 Å². The summed E-state index contributed by atoms with van der Waals surface area (Å²) in [5.41, 5.74) is 2.27. The number of amides is 1. The summed E-state index contributed by atoms with van der Waals surface area (Å²) < 4.78 is 0. The smallest absolute Gasteiger partial charge is 0.243 e. The third kappa shape index (κ3) is 10.1. The standard InChI is InChI=1S/C21H33NO2/c1-3-4-5-6-7-8-9-10-18(2)17-21(24)22-16-15-19-11-13-20(23)14-12-19/h11-14,17,23H,3-10,15-16H2,1-2H3,(H,22,24)/b18-17-. The molecule has 3 heteroatoms. The van der Waals surface area contributed by atoms with Gasteiger partial charge in [-0.3, -0.25) is 4.79 Å². The van der Waals surface area contributed by atoms with Gasteiger partial charge in [0.05, 0.1) is 0 Å². The molecule has 2 N–H and O–H groups in total. The monoisotopic (exact) mass is 331 g/mol. The third-order valence-electron chi connectivity index (χ3n) is 4.20. The normalized spacial score (nSPS) is 11.5. The first kappa shape index (κ1) is 20.3. The molecule has 1 aromatic rings. The van der Waals surface area contributed by atoms with E-state index in [0.717, 1.165) is 24.0 Å². The molecule has 0 atom stereocenters. The number of hydrogen-bond donors (Lipinski definition) is 2. The molecule has 0 saturated heterocycles. The molecule has 0 bridgehead atoms. The zero-order valence-electron chi connectivity index (χ0n) is 15.3. The Labute approximate surface area is 147 Å². The Kier molecular flexibility index (Phi) is 10.7. The predicted octanol–water partition coefficient (Wildman–Crippen LogP) is 5.14. The van der Waals surface area contributed by atoms with Gasteiger partial charge in [-0.25, -0.2) is 0 Å². The maximum absolute atomic E-state index is 11.9. The van der Waals surface area contributed by atoms with E-state index in [-0.39, 0.29) is 11.7 Å². The van der Waals surface area contributed by atoms with Crippen LogP contribution in [0, 0.1) is 0 Å². The molecule has 0 radical (unpaired) electrons. The van der Waals surface area contributed by atoms with Crippen molar-refractivity contribution in [3.05, 3.63) is 41.5 Å². The van der Waals surface area contributed by atoms with E-state index in [2.05, 4.69) is 12.2 Å². The van der Waals surface area contributed by atoms with Gasteiger partial charge in [0, 0.05) is 12.6 Å². The molecule has 0 aliphatic heterocycles. The van der Waals surface area contributed by atoms with Crippen molar-refractivity contribution in [3.8, 4) is 5.75 Å². The highest BCUT2D eigenvalue weighted by atomic mass is 16.3. The molecule has 0 heterocycles. The van der Waals surface area contributed by atoms with E-state index in [4.69, 9.17) is 0 Å². The number of phenolic OH excluding ortho intramolecular Hbond substituents is 1. The lowest BCUT2D eigenvalue weighted by atomic mass is 10.1. The maximum Gasteiger partial charge on any atom is 0.243 e. The molecule has 0 aliphatic carbocycles. The lowest BCUT2D eigenvalue weighted by molar-refractivity contribution is -0.116. The van der Waals surface area contributed by atoms with E-state index in [9.17, 15) is 9.90 Å². The predicted molar refractivity (Wildman–Crippen MR) is 101 cm³/mol. The summed E-state index contributed by atoms with van der Waals surface area (Å²) in [7, 11) is 0. The molecular formula is C21H33NO2. The Morgan fingerprint density at radius 3 is 2.33 bits per heavy atom. The summed E-state index contributed by atoms with van der Waals surface area (Å²) in [6, 6.07) is 7.10. The van der Waals surface area contributed by atoms with Crippen LogP contribution in [-0.4, -0.2) is 17.6 Å². The number of aromatic hydroxyl groups is 1. The molecule has 0 fully saturated rings. The Bertz CT molecular complexity index is 491. The molecule has 0 saturated carbocycles. The minimum atomic E-state index is -0.00535. The summed E-state index contributed by atoms with van der Waals surface area (Å²) in [6.45, 7) is 4.89. The fraction of sp³-hybridized carbons (Fsp3) is 0.571. The quantitative estimate of drug-likeness (QED) is 0.411. The zero-order chi connectivity index (χ0) is 17.6. The van der Waals surface area contributed by atoms with Crippen molar-refractivity contribution >= 4 is 5.91 Å². The van der Waals surface area contributed by atoms with Crippen LogP contribution in [0.5, 0.6) is 5.75 Å². The SMILES string of the molecule is CCCCCCCCC/C(C)=C\C(=O)NCCc1ccc(O)cc1. The van der Waals surface area contributed by atoms with E-state index < -0.39 is 0 Å². The number of phenols is 1. The van der Waals surface area contributed by atoms with Crippen LogP contribution in [0.1, 0.15) is 70.8 Å². The Hall–Kier alpha value is -1.77. The van der Waals surface area contributed by atoms with Crippen LogP contribution < -0.4 is 5.32 Å². The number of hydrogen-bond acceptors (Lipinski definition) is 2. The van der Waals surface area contributed by atoms with Crippen LogP contribution >= 0.6 is 0 Å². The van der Waals surface area contributed by atoms with Crippen molar-refractivity contribution in [3.63, 3.8) is 0 Å². The molecule has 3 nitrogen and oxygen atoms in total. The summed E-state index contributed by atoms with van der Waals surface area (Å²) in [6.07, 6.45) is 12.6. The zero-order valence-corrected chi connectivity index (χ0v) is 15.3.